The molecular formula is C37H38Cl2N3O3. The van der Waals surface area contributed by atoms with Gasteiger partial charge >= 0.3 is 0 Å². The number of aromatic nitrogens is 1. The van der Waals surface area contributed by atoms with E-state index in [2.05, 4.69) is 28.9 Å². The van der Waals surface area contributed by atoms with Crippen molar-refractivity contribution in [3.8, 4) is 45.1 Å². The number of hydrogen-bond acceptors (Lipinski definition) is 5. The molecule has 0 bridgehead atoms. The van der Waals surface area contributed by atoms with E-state index in [-0.39, 0.29) is 5.91 Å². The number of carbonyl (C=O) groups excluding carboxylic acids is 1. The molecule has 6 rings (SSSR count). The molecule has 0 N–H and O–H groups in total. The monoisotopic (exact) mass is 642 g/mol. The van der Waals surface area contributed by atoms with Crippen molar-refractivity contribution in [3.63, 3.8) is 0 Å². The van der Waals surface area contributed by atoms with Crippen LogP contribution in [0.15, 0.2) is 60.7 Å². The Bertz CT molecular complexity index is 1720. The largest absolute Gasteiger partial charge is 0.496 e. The fourth-order valence-electron chi connectivity index (χ4n) is 6.67. The number of ether oxygens (including phenoxy) is 2. The highest BCUT2D eigenvalue weighted by Crippen LogP contribution is 2.44. The molecule has 1 saturated heterocycles. The van der Waals surface area contributed by atoms with Crippen LogP contribution in [-0.4, -0.2) is 61.1 Å². The van der Waals surface area contributed by atoms with Gasteiger partial charge < -0.3 is 14.4 Å². The Morgan fingerprint density at radius 1 is 0.911 bits per heavy atom. The number of halogens is 2. The zero-order valence-electron chi connectivity index (χ0n) is 26.0. The highest BCUT2D eigenvalue weighted by molar-refractivity contribution is 6.39. The number of rotatable bonds is 7. The SMILES string of the molecule is [CH2]c1ccc(-c2cccc(-c3cccc(-c4cc5c(c(OC)c4)CN(CC4CCN(C(C)=O)CC4)CC5)c3Cl)c2Cl)nc1OC. The van der Waals surface area contributed by atoms with E-state index in [1.54, 1.807) is 21.1 Å². The molecule has 1 aromatic heterocycles. The Morgan fingerprint density at radius 2 is 1.58 bits per heavy atom. The van der Waals surface area contributed by atoms with E-state index in [1.807, 2.05) is 53.4 Å². The van der Waals surface area contributed by atoms with E-state index in [9.17, 15) is 4.79 Å². The molecular weight excluding hydrogens is 605 g/mol. The van der Waals surface area contributed by atoms with Crippen LogP contribution in [0, 0.1) is 12.8 Å². The van der Waals surface area contributed by atoms with Crippen molar-refractivity contribution in [3.05, 3.63) is 94.3 Å². The standard InChI is InChI=1S/C37H38Cl2N3O3/c1-23-11-12-33(40-37(23)45-4)31-10-6-9-30(36(31)39)29-8-5-7-28(35(29)38)27-19-26-15-16-41(22-32(26)34(20-27)44-3)21-25-13-17-42(18-14-25)24(2)43/h5-12,19-20,25H,1,13-18,21-22H2,2-4H3. The third kappa shape index (κ3) is 6.42. The minimum atomic E-state index is 0.182. The molecule has 0 aliphatic carbocycles. The number of nitrogens with zero attached hydrogens (tertiary/aromatic N) is 3. The molecule has 0 unspecified atom stereocenters. The van der Waals surface area contributed by atoms with Crippen LogP contribution in [0.25, 0.3) is 33.5 Å². The average Bonchev–Trinajstić information content (AvgIpc) is 3.05. The molecule has 1 radical (unpaired) electrons. The summed E-state index contributed by atoms with van der Waals surface area (Å²) in [5.74, 6) is 2.14. The minimum absolute atomic E-state index is 0.182. The van der Waals surface area contributed by atoms with E-state index in [1.165, 1.54) is 11.1 Å². The van der Waals surface area contributed by atoms with Crippen molar-refractivity contribution in [2.75, 3.05) is 40.4 Å². The number of fused-ring (bicyclic) bond motifs is 1. The fourth-order valence-corrected chi connectivity index (χ4v) is 7.33. The molecule has 3 aromatic carbocycles. The molecule has 0 atom stereocenters. The van der Waals surface area contributed by atoms with Gasteiger partial charge in [0.15, 0.2) is 0 Å². The van der Waals surface area contributed by atoms with Crippen molar-refractivity contribution in [1.82, 2.24) is 14.8 Å². The maximum absolute atomic E-state index is 11.7. The highest BCUT2D eigenvalue weighted by Gasteiger charge is 2.27. The van der Waals surface area contributed by atoms with Crippen molar-refractivity contribution in [2.24, 2.45) is 5.92 Å². The van der Waals surface area contributed by atoms with Gasteiger partial charge in [0.1, 0.15) is 5.75 Å². The molecule has 2 aliphatic rings. The van der Waals surface area contributed by atoms with Crippen LogP contribution in [0.3, 0.4) is 0 Å². The van der Waals surface area contributed by atoms with Gasteiger partial charge in [-0.1, -0.05) is 71.7 Å². The molecule has 0 saturated carbocycles. The van der Waals surface area contributed by atoms with Gasteiger partial charge in [0.2, 0.25) is 11.8 Å². The molecule has 233 valence electrons. The van der Waals surface area contributed by atoms with Crippen molar-refractivity contribution in [1.29, 1.82) is 0 Å². The number of benzene rings is 3. The van der Waals surface area contributed by atoms with Gasteiger partial charge in [0, 0.05) is 73.0 Å². The van der Waals surface area contributed by atoms with Crippen molar-refractivity contribution < 1.29 is 14.3 Å². The Labute approximate surface area is 275 Å². The van der Waals surface area contributed by atoms with Crippen LogP contribution in [-0.2, 0) is 17.8 Å². The predicted molar refractivity (Wildman–Crippen MR) is 182 cm³/mol. The molecule has 0 spiro atoms. The summed E-state index contributed by atoms with van der Waals surface area (Å²) in [4.78, 5) is 20.9. The van der Waals surface area contributed by atoms with Crippen LogP contribution in [0.2, 0.25) is 10.0 Å². The van der Waals surface area contributed by atoms with E-state index in [0.717, 1.165) is 85.6 Å². The summed E-state index contributed by atoms with van der Waals surface area (Å²) in [6.07, 6.45) is 3.07. The summed E-state index contributed by atoms with van der Waals surface area (Å²) in [5.41, 5.74) is 8.37. The van der Waals surface area contributed by atoms with E-state index >= 15 is 0 Å². The Morgan fingerprint density at radius 3 is 2.24 bits per heavy atom. The van der Waals surface area contributed by atoms with Gasteiger partial charge in [0.05, 0.1) is 30.0 Å². The van der Waals surface area contributed by atoms with E-state index in [0.29, 0.717) is 33.1 Å². The second-order valence-corrected chi connectivity index (χ2v) is 12.7. The third-order valence-electron chi connectivity index (χ3n) is 9.18. The first kappa shape index (κ1) is 31.4. The lowest BCUT2D eigenvalue weighted by Crippen LogP contribution is -2.41. The number of pyridine rings is 1. The summed E-state index contributed by atoms with van der Waals surface area (Å²) in [6.45, 7) is 10.3. The molecule has 45 heavy (non-hydrogen) atoms. The lowest BCUT2D eigenvalue weighted by Gasteiger charge is -2.36. The van der Waals surface area contributed by atoms with Gasteiger partial charge in [-0.05, 0) is 55.4 Å². The summed E-state index contributed by atoms with van der Waals surface area (Å²) in [7, 11) is 3.32. The summed E-state index contributed by atoms with van der Waals surface area (Å²) in [5, 5.41) is 1.20. The number of piperidine rings is 1. The van der Waals surface area contributed by atoms with Gasteiger partial charge in [-0.15, -0.1) is 0 Å². The zero-order chi connectivity index (χ0) is 31.7. The number of likely N-dealkylation sites (tertiary alicyclic amines) is 1. The number of amides is 1. The lowest BCUT2D eigenvalue weighted by molar-refractivity contribution is -0.130. The van der Waals surface area contributed by atoms with Gasteiger partial charge in [-0.3, -0.25) is 9.69 Å². The minimum Gasteiger partial charge on any atom is -0.496 e. The second kappa shape index (κ2) is 13.4. The Kier molecular flexibility index (Phi) is 9.36. The number of carbonyl (C=O) groups is 1. The normalized spacial score (nSPS) is 15.6. The molecule has 1 fully saturated rings. The van der Waals surface area contributed by atoms with E-state index in [4.69, 9.17) is 32.7 Å². The highest BCUT2D eigenvalue weighted by atomic mass is 35.5. The first-order valence-corrected chi connectivity index (χ1v) is 16.2. The van der Waals surface area contributed by atoms with Gasteiger partial charge in [0.25, 0.3) is 0 Å². The number of hydrogen-bond donors (Lipinski definition) is 0. The maximum Gasteiger partial charge on any atom is 0.219 e. The first-order chi connectivity index (χ1) is 21.8. The molecule has 1 amide bonds. The van der Waals surface area contributed by atoms with Crippen LogP contribution in [0.5, 0.6) is 11.6 Å². The second-order valence-electron chi connectivity index (χ2n) is 11.9. The zero-order valence-corrected chi connectivity index (χ0v) is 27.5. The maximum atomic E-state index is 11.7. The van der Waals surface area contributed by atoms with Gasteiger partial charge in [-0.2, -0.15) is 0 Å². The van der Waals surface area contributed by atoms with E-state index < -0.39 is 0 Å². The number of methoxy groups -OCH3 is 2. The summed E-state index contributed by atoms with van der Waals surface area (Å²) < 4.78 is 11.4. The van der Waals surface area contributed by atoms with Gasteiger partial charge in [-0.25, -0.2) is 4.98 Å². The molecule has 4 aromatic rings. The molecule has 2 aliphatic heterocycles. The van der Waals surface area contributed by atoms with Crippen LogP contribution in [0.4, 0.5) is 0 Å². The Balaban J connectivity index is 1.27. The first-order valence-electron chi connectivity index (χ1n) is 15.4. The smallest absolute Gasteiger partial charge is 0.219 e. The fraction of sp³-hybridized carbons (Fsp3) is 0.324. The third-order valence-corrected chi connectivity index (χ3v) is 10.00. The van der Waals surface area contributed by atoms with Crippen LogP contribution < -0.4 is 9.47 Å². The van der Waals surface area contributed by atoms with Crippen LogP contribution in [0.1, 0.15) is 36.5 Å². The Hall–Kier alpha value is -3.58. The predicted octanol–water partition coefficient (Wildman–Crippen LogP) is 8.21. The average molecular weight is 644 g/mol. The molecule has 3 heterocycles. The molecule has 6 nitrogen and oxygen atoms in total. The quantitative estimate of drug-likeness (QED) is 0.203. The summed E-state index contributed by atoms with van der Waals surface area (Å²) in [6, 6.07) is 20.1. The molecule has 8 heteroatoms. The van der Waals surface area contributed by atoms with Crippen molar-refractivity contribution >= 4 is 29.1 Å². The lowest BCUT2D eigenvalue weighted by atomic mass is 9.90. The van der Waals surface area contributed by atoms with Crippen molar-refractivity contribution in [2.45, 2.75) is 32.7 Å². The summed E-state index contributed by atoms with van der Waals surface area (Å²) >= 11 is 14.2. The van der Waals surface area contributed by atoms with Crippen LogP contribution >= 0.6 is 23.2 Å². The topological polar surface area (TPSA) is 54.9 Å².